The minimum Gasteiger partial charge on any atom is -0.300 e. The fraction of sp³-hybridized carbons (Fsp3) is 0.167. The molecule has 56 valence electrons. The van der Waals surface area contributed by atoms with E-state index in [1.807, 2.05) is 0 Å². The molecule has 0 aliphatic rings. The van der Waals surface area contributed by atoms with Crippen LogP contribution in [0.5, 0.6) is 0 Å². The van der Waals surface area contributed by atoms with Crippen LogP contribution < -0.4 is 5.69 Å². The molecule has 0 aromatic carbocycles. The maximum absolute atomic E-state index is 11.2. The van der Waals surface area contributed by atoms with Crippen molar-refractivity contribution < 1.29 is 0 Å². The Kier molecular flexibility index (Phi) is 1.06. The monoisotopic (exact) mass is 150 g/mol. The number of nitrogens with zero attached hydrogens (tertiary/aromatic N) is 4. The van der Waals surface area contributed by atoms with Gasteiger partial charge in [-0.15, -0.1) is 0 Å². The first-order valence-electron chi connectivity index (χ1n) is 3.13. The summed E-state index contributed by atoms with van der Waals surface area (Å²) in [7, 11) is 1.68. The predicted molar refractivity (Wildman–Crippen MR) is 38.2 cm³/mol. The van der Waals surface area contributed by atoms with Gasteiger partial charge < -0.3 is 4.57 Å². The Balaban J connectivity index is 3.04. The second-order valence-electron chi connectivity index (χ2n) is 2.27. The average molecular weight is 150 g/mol. The largest absolute Gasteiger partial charge is 0.349 e. The van der Waals surface area contributed by atoms with E-state index < -0.39 is 0 Å². The summed E-state index contributed by atoms with van der Waals surface area (Å²) >= 11 is 0. The van der Waals surface area contributed by atoms with Crippen molar-refractivity contribution >= 4 is 5.52 Å². The first-order chi connectivity index (χ1) is 5.29. The first-order valence-corrected chi connectivity index (χ1v) is 3.13. The van der Waals surface area contributed by atoms with Crippen LogP contribution in [0.25, 0.3) is 5.52 Å². The zero-order valence-electron chi connectivity index (χ0n) is 5.93. The number of hydrogen-bond donors (Lipinski definition) is 0. The summed E-state index contributed by atoms with van der Waals surface area (Å²) in [5.41, 5.74) is 0.558. The lowest BCUT2D eigenvalue weighted by Crippen LogP contribution is -2.18. The predicted octanol–water partition coefficient (Wildman–Crippen LogP) is -0.572. The molecule has 2 heterocycles. The van der Waals surface area contributed by atoms with Gasteiger partial charge in [-0.25, -0.2) is 9.78 Å². The third-order valence-electron chi connectivity index (χ3n) is 1.49. The fourth-order valence-electron chi connectivity index (χ4n) is 0.963. The molecular weight excluding hydrogens is 144 g/mol. The molecule has 0 unspecified atom stereocenters. The van der Waals surface area contributed by atoms with Gasteiger partial charge in [-0.3, -0.25) is 0 Å². The molecule has 5 nitrogen and oxygen atoms in total. The molecule has 0 aliphatic carbocycles. The highest BCUT2D eigenvalue weighted by molar-refractivity contribution is 5.39. The van der Waals surface area contributed by atoms with Gasteiger partial charge in [0.05, 0.1) is 6.20 Å². The molecule has 0 aliphatic heterocycles. The van der Waals surface area contributed by atoms with Crippen LogP contribution in [0.4, 0.5) is 0 Å². The molecule has 0 fully saturated rings. The third kappa shape index (κ3) is 0.739. The van der Waals surface area contributed by atoms with Gasteiger partial charge in [0.1, 0.15) is 11.8 Å². The van der Waals surface area contributed by atoms with Crippen molar-refractivity contribution in [3.8, 4) is 0 Å². The topological polar surface area (TPSA) is 52.2 Å². The zero-order chi connectivity index (χ0) is 7.84. The van der Waals surface area contributed by atoms with Crippen molar-refractivity contribution in [1.29, 1.82) is 0 Å². The minimum atomic E-state index is -0.151. The molecule has 0 radical (unpaired) electrons. The van der Waals surface area contributed by atoms with Gasteiger partial charge in [0.15, 0.2) is 0 Å². The highest BCUT2D eigenvalue weighted by atomic mass is 16.2. The van der Waals surface area contributed by atoms with Gasteiger partial charge in [0.2, 0.25) is 0 Å². The summed E-state index contributed by atoms with van der Waals surface area (Å²) < 4.78 is 2.76. The molecule has 0 amide bonds. The number of rotatable bonds is 0. The normalized spacial score (nSPS) is 10.6. The molecule has 2 aromatic heterocycles. The Morgan fingerprint density at radius 2 is 2.36 bits per heavy atom. The summed E-state index contributed by atoms with van der Waals surface area (Å²) in [6.07, 6.45) is 4.62. The lowest BCUT2D eigenvalue weighted by molar-refractivity contribution is 0.778. The van der Waals surface area contributed by atoms with Crippen LogP contribution in [-0.2, 0) is 7.05 Å². The molecule has 2 aromatic rings. The third-order valence-corrected chi connectivity index (χ3v) is 1.49. The molecule has 5 heteroatoms. The van der Waals surface area contributed by atoms with Gasteiger partial charge in [0.25, 0.3) is 0 Å². The van der Waals surface area contributed by atoms with Crippen LogP contribution in [0.15, 0.2) is 23.5 Å². The maximum atomic E-state index is 11.2. The van der Waals surface area contributed by atoms with Gasteiger partial charge in [-0.1, -0.05) is 0 Å². The number of imidazole rings is 1. The molecule has 0 atom stereocenters. The fourth-order valence-corrected chi connectivity index (χ4v) is 0.963. The quantitative estimate of drug-likeness (QED) is 0.505. The van der Waals surface area contributed by atoms with E-state index in [0.717, 1.165) is 0 Å². The van der Waals surface area contributed by atoms with E-state index >= 15 is 0 Å². The van der Waals surface area contributed by atoms with E-state index in [1.54, 1.807) is 19.4 Å². The molecule has 0 saturated carbocycles. The lowest BCUT2D eigenvalue weighted by atomic mass is 10.6. The summed E-state index contributed by atoms with van der Waals surface area (Å²) in [6.45, 7) is 0. The maximum Gasteiger partial charge on any atom is 0.349 e. The van der Waals surface area contributed by atoms with E-state index in [2.05, 4.69) is 10.1 Å². The van der Waals surface area contributed by atoms with E-state index in [0.29, 0.717) is 5.52 Å². The standard InChI is InChI=1S/C6H6N4O/c1-9-3-5-2-7-4-8-10(5)6(9)11/h2-4H,1H3. The molecule has 2 rings (SSSR count). The molecular formula is C6H6N4O. The minimum absolute atomic E-state index is 0.151. The van der Waals surface area contributed by atoms with Crippen molar-refractivity contribution in [3.63, 3.8) is 0 Å². The van der Waals surface area contributed by atoms with E-state index in [4.69, 9.17) is 0 Å². The van der Waals surface area contributed by atoms with E-state index in [9.17, 15) is 4.79 Å². The highest BCUT2D eigenvalue weighted by Crippen LogP contribution is 1.91. The number of fused-ring (bicyclic) bond motifs is 1. The summed E-state index contributed by atoms with van der Waals surface area (Å²) in [6, 6.07) is 0. The van der Waals surface area contributed by atoms with Crippen LogP contribution in [0.2, 0.25) is 0 Å². The second kappa shape index (κ2) is 1.91. The van der Waals surface area contributed by atoms with E-state index in [1.165, 1.54) is 15.4 Å². The number of hydrogen-bond acceptors (Lipinski definition) is 3. The van der Waals surface area contributed by atoms with Crippen LogP contribution in [-0.4, -0.2) is 19.2 Å². The van der Waals surface area contributed by atoms with Crippen molar-refractivity contribution in [2.24, 2.45) is 7.05 Å². The van der Waals surface area contributed by atoms with Crippen LogP contribution >= 0.6 is 0 Å². The molecule has 0 N–H and O–H groups in total. The Labute approximate surface area is 61.9 Å². The summed E-state index contributed by atoms with van der Waals surface area (Å²) in [5.74, 6) is 0. The summed E-state index contributed by atoms with van der Waals surface area (Å²) in [5, 5.41) is 3.77. The average Bonchev–Trinajstić information content (AvgIpc) is 2.30. The van der Waals surface area contributed by atoms with E-state index in [-0.39, 0.29) is 5.69 Å². The van der Waals surface area contributed by atoms with Crippen LogP contribution in [0.1, 0.15) is 0 Å². The second-order valence-corrected chi connectivity index (χ2v) is 2.27. The Bertz CT molecular complexity index is 441. The lowest BCUT2D eigenvalue weighted by Gasteiger charge is -1.84. The summed E-state index contributed by atoms with van der Waals surface area (Å²) in [4.78, 5) is 14.9. The van der Waals surface area contributed by atoms with Crippen LogP contribution in [0, 0.1) is 0 Å². The van der Waals surface area contributed by atoms with Gasteiger partial charge in [0, 0.05) is 13.2 Å². The van der Waals surface area contributed by atoms with Crippen molar-refractivity contribution in [2.75, 3.05) is 0 Å². The SMILES string of the molecule is Cn1cc2cncnn2c1=O. The molecule has 0 bridgehead atoms. The van der Waals surface area contributed by atoms with Crippen molar-refractivity contribution in [1.82, 2.24) is 19.2 Å². The zero-order valence-corrected chi connectivity index (χ0v) is 5.93. The van der Waals surface area contributed by atoms with Gasteiger partial charge >= 0.3 is 5.69 Å². The number of aromatic nitrogens is 4. The van der Waals surface area contributed by atoms with Crippen molar-refractivity contribution in [2.45, 2.75) is 0 Å². The highest BCUT2D eigenvalue weighted by Gasteiger charge is 1.99. The Hall–Kier alpha value is -1.65. The number of aryl methyl sites for hydroxylation is 1. The van der Waals surface area contributed by atoms with Gasteiger partial charge in [-0.05, 0) is 0 Å². The van der Waals surface area contributed by atoms with Gasteiger partial charge in [-0.2, -0.15) is 9.61 Å². The molecule has 0 saturated heterocycles. The van der Waals surface area contributed by atoms with Crippen LogP contribution in [0.3, 0.4) is 0 Å². The Morgan fingerprint density at radius 3 is 3.09 bits per heavy atom. The Morgan fingerprint density at radius 1 is 1.55 bits per heavy atom. The first kappa shape index (κ1) is 6.09. The smallest absolute Gasteiger partial charge is 0.300 e. The molecule has 11 heavy (non-hydrogen) atoms. The van der Waals surface area contributed by atoms with Crippen molar-refractivity contribution in [3.05, 3.63) is 29.2 Å². The molecule has 0 spiro atoms.